The molecule has 1 heterocycles. The summed E-state index contributed by atoms with van der Waals surface area (Å²) in [5.74, 6) is 0. The van der Waals surface area contributed by atoms with E-state index in [0.29, 0.717) is 12.1 Å². The van der Waals surface area contributed by atoms with Gasteiger partial charge in [0, 0.05) is 32.8 Å². The van der Waals surface area contributed by atoms with Crippen LogP contribution in [0.2, 0.25) is 0 Å². The van der Waals surface area contributed by atoms with E-state index in [1.807, 2.05) is 0 Å². The molecule has 0 aromatic carbocycles. The Kier molecular flexibility index (Phi) is 10.3. The van der Waals surface area contributed by atoms with E-state index in [2.05, 4.69) is 24.1 Å². The van der Waals surface area contributed by atoms with Gasteiger partial charge in [0.05, 0.1) is 12.7 Å². The molecule has 0 unspecified atom stereocenters. The molecule has 0 aliphatic carbocycles. The molecule has 0 amide bonds. The molecule has 0 aromatic heterocycles. The molecule has 0 saturated carbocycles. The summed E-state index contributed by atoms with van der Waals surface area (Å²) in [7, 11) is 1.78. The van der Waals surface area contributed by atoms with Crippen LogP contribution in [0.15, 0.2) is 0 Å². The van der Waals surface area contributed by atoms with Gasteiger partial charge < -0.3 is 14.8 Å². The lowest BCUT2D eigenvalue weighted by molar-refractivity contribution is 0.0236. The Bertz CT molecular complexity index is 217. The van der Waals surface area contributed by atoms with Crippen LogP contribution in [0.5, 0.6) is 0 Å². The first-order valence-corrected chi connectivity index (χ1v) is 8.37. The van der Waals surface area contributed by atoms with Crippen molar-refractivity contribution in [3.63, 3.8) is 0 Å². The smallest absolute Gasteiger partial charge is 0.0599 e. The number of ether oxygens (including phenoxy) is 2. The third-order valence-electron chi connectivity index (χ3n) is 4.27. The monoisotopic (exact) mass is 286 g/mol. The van der Waals surface area contributed by atoms with Gasteiger partial charge in [0.1, 0.15) is 0 Å². The van der Waals surface area contributed by atoms with Crippen LogP contribution in [0.25, 0.3) is 0 Å². The summed E-state index contributed by atoms with van der Waals surface area (Å²) in [6, 6.07) is 0.684. The maximum atomic E-state index is 5.99. The number of hydrogen-bond donors (Lipinski definition) is 1. The van der Waals surface area contributed by atoms with Crippen LogP contribution in [-0.4, -0.2) is 63.5 Å². The van der Waals surface area contributed by atoms with Crippen molar-refractivity contribution < 1.29 is 9.47 Å². The number of hydrogen-bond acceptors (Lipinski definition) is 4. The summed E-state index contributed by atoms with van der Waals surface area (Å²) < 4.78 is 11.2. The second-order valence-corrected chi connectivity index (χ2v) is 5.67. The van der Waals surface area contributed by atoms with E-state index >= 15 is 0 Å². The van der Waals surface area contributed by atoms with Crippen molar-refractivity contribution in [2.24, 2.45) is 0 Å². The Hall–Kier alpha value is -0.160. The molecule has 1 fully saturated rings. The molecule has 0 atom stereocenters. The molecule has 0 aromatic rings. The lowest BCUT2D eigenvalue weighted by Crippen LogP contribution is -2.38. The fourth-order valence-electron chi connectivity index (χ4n) is 2.97. The fraction of sp³-hybridized carbons (Fsp3) is 1.00. The number of rotatable bonds is 11. The lowest BCUT2D eigenvalue weighted by atomic mass is 10.1. The molecular weight excluding hydrogens is 252 g/mol. The van der Waals surface area contributed by atoms with Gasteiger partial charge >= 0.3 is 0 Å². The van der Waals surface area contributed by atoms with Crippen molar-refractivity contribution in [3.8, 4) is 0 Å². The van der Waals surface area contributed by atoms with Crippen molar-refractivity contribution >= 4 is 0 Å². The number of piperidine rings is 1. The van der Waals surface area contributed by atoms with Gasteiger partial charge in [0.25, 0.3) is 0 Å². The molecule has 4 heteroatoms. The first-order valence-electron chi connectivity index (χ1n) is 8.37. The first-order chi connectivity index (χ1) is 9.81. The maximum Gasteiger partial charge on any atom is 0.0599 e. The van der Waals surface area contributed by atoms with Crippen LogP contribution in [0.3, 0.4) is 0 Å². The molecule has 1 rings (SSSR count). The number of nitrogens with one attached hydrogen (secondary N) is 1. The van der Waals surface area contributed by atoms with Gasteiger partial charge in [-0.2, -0.15) is 0 Å². The Morgan fingerprint density at radius 3 is 2.40 bits per heavy atom. The Labute approximate surface area is 125 Å². The van der Waals surface area contributed by atoms with Gasteiger partial charge in [-0.15, -0.1) is 0 Å². The molecular formula is C16H34N2O2. The van der Waals surface area contributed by atoms with Gasteiger partial charge in [-0.05, 0) is 45.2 Å². The Balaban J connectivity index is 2.19. The van der Waals surface area contributed by atoms with Crippen molar-refractivity contribution in [2.75, 3.05) is 46.5 Å². The minimum atomic E-state index is 0.483. The molecule has 120 valence electrons. The molecule has 1 aliphatic rings. The summed E-state index contributed by atoms with van der Waals surface area (Å²) in [6.07, 6.45) is 6.38. The second-order valence-electron chi connectivity index (χ2n) is 5.67. The van der Waals surface area contributed by atoms with E-state index < -0.39 is 0 Å². The summed E-state index contributed by atoms with van der Waals surface area (Å²) >= 11 is 0. The highest BCUT2D eigenvalue weighted by Gasteiger charge is 2.16. The van der Waals surface area contributed by atoms with E-state index in [9.17, 15) is 0 Å². The van der Waals surface area contributed by atoms with Gasteiger partial charge in [-0.25, -0.2) is 0 Å². The summed E-state index contributed by atoms with van der Waals surface area (Å²) in [6.45, 7) is 10.7. The zero-order chi connectivity index (χ0) is 14.6. The third kappa shape index (κ3) is 7.02. The van der Waals surface area contributed by atoms with Crippen molar-refractivity contribution in [1.29, 1.82) is 0 Å². The van der Waals surface area contributed by atoms with E-state index in [-0.39, 0.29) is 0 Å². The number of nitrogens with zero attached hydrogens (tertiary/aromatic N) is 1. The summed E-state index contributed by atoms with van der Waals surface area (Å²) in [4.78, 5) is 2.56. The zero-order valence-electron chi connectivity index (χ0n) is 13.7. The second kappa shape index (κ2) is 11.5. The molecule has 1 aliphatic heterocycles. The van der Waals surface area contributed by atoms with Gasteiger partial charge in [-0.3, -0.25) is 4.90 Å². The van der Waals surface area contributed by atoms with Crippen molar-refractivity contribution in [1.82, 2.24) is 10.2 Å². The van der Waals surface area contributed by atoms with Crippen LogP contribution >= 0.6 is 0 Å². The van der Waals surface area contributed by atoms with Crippen LogP contribution in [0.4, 0.5) is 0 Å². The quantitative estimate of drug-likeness (QED) is 0.591. The van der Waals surface area contributed by atoms with Crippen LogP contribution in [-0.2, 0) is 9.47 Å². The van der Waals surface area contributed by atoms with Crippen LogP contribution in [0, 0.1) is 0 Å². The molecule has 1 saturated heterocycles. The highest BCUT2D eigenvalue weighted by atomic mass is 16.5. The average Bonchev–Trinajstić information content (AvgIpc) is 2.50. The summed E-state index contributed by atoms with van der Waals surface area (Å²) in [5, 5.41) is 3.37. The zero-order valence-corrected chi connectivity index (χ0v) is 13.7. The SMILES string of the molecule is CCC(CC)N(CCCOC1CCNCC1)CCOC. The van der Waals surface area contributed by atoms with Crippen molar-refractivity contribution in [2.45, 2.75) is 58.1 Å². The molecule has 4 nitrogen and oxygen atoms in total. The Morgan fingerprint density at radius 1 is 1.10 bits per heavy atom. The standard InChI is InChI=1S/C16H34N2O2/c1-4-15(5-2)18(12-14-19-3)11-6-13-20-16-7-9-17-10-8-16/h15-17H,4-14H2,1-3H3. The summed E-state index contributed by atoms with van der Waals surface area (Å²) in [5.41, 5.74) is 0. The van der Waals surface area contributed by atoms with Gasteiger partial charge in [-0.1, -0.05) is 13.8 Å². The van der Waals surface area contributed by atoms with Gasteiger partial charge in [0.15, 0.2) is 0 Å². The highest BCUT2D eigenvalue weighted by Crippen LogP contribution is 2.11. The molecule has 1 N–H and O–H groups in total. The molecule has 0 spiro atoms. The van der Waals surface area contributed by atoms with Crippen LogP contribution < -0.4 is 5.32 Å². The average molecular weight is 286 g/mol. The minimum Gasteiger partial charge on any atom is -0.383 e. The minimum absolute atomic E-state index is 0.483. The Morgan fingerprint density at radius 2 is 1.80 bits per heavy atom. The van der Waals surface area contributed by atoms with Crippen LogP contribution in [0.1, 0.15) is 46.0 Å². The molecule has 0 bridgehead atoms. The largest absolute Gasteiger partial charge is 0.383 e. The molecule has 20 heavy (non-hydrogen) atoms. The maximum absolute atomic E-state index is 5.99. The lowest BCUT2D eigenvalue weighted by Gasteiger charge is -2.30. The topological polar surface area (TPSA) is 33.7 Å². The van der Waals surface area contributed by atoms with E-state index in [1.165, 1.54) is 25.7 Å². The fourth-order valence-corrected chi connectivity index (χ4v) is 2.97. The van der Waals surface area contributed by atoms with Crippen molar-refractivity contribution in [3.05, 3.63) is 0 Å². The predicted molar refractivity (Wildman–Crippen MR) is 84.3 cm³/mol. The highest BCUT2D eigenvalue weighted by molar-refractivity contribution is 4.70. The number of methoxy groups -OCH3 is 1. The van der Waals surface area contributed by atoms with Gasteiger partial charge in [0.2, 0.25) is 0 Å². The van der Waals surface area contributed by atoms with E-state index in [0.717, 1.165) is 45.8 Å². The molecule has 0 radical (unpaired) electrons. The predicted octanol–water partition coefficient (Wildman–Crippen LogP) is 2.28. The normalized spacial score (nSPS) is 17.2. The van der Waals surface area contributed by atoms with E-state index in [4.69, 9.17) is 9.47 Å². The first kappa shape index (κ1) is 17.9. The van der Waals surface area contributed by atoms with E-state index in [1.54, 1.807) is 7.11 Å². The third-order valence-corrected chi connectivity index (χ3v) is 4.27.